The summed E-state index contributed by atoms with van der Waals surface area (Å²) in [5.41, 5.74) is -0.335. The number of aliphatic carboxylic acids is 1. The van der Waals surface area contributed by atoms with Crippen LogP contribution in [-0.4, -0.2) is 15.6 Å². The molecule has 1 aromatic heterocycles. The van der Waals surface area contributed by atoms with E-state index >= 15 is 0 Å². The second-order valence-corrected chi connectivity index (χ2v) is 5.43. The first-order valence-electron chi connectivity index (χ1n) is 6.13. The fourth-order valence-corrected chi connectivity index (χ4v) is 2.03. The number of nitriles is 1. The molecule has 5 nitrogen and oxygen atoms in total. The predicted octanol–water partition coefficient (Wildman–Crippen LogP) is 2.05. The van der Waals surface area contributed by atoms with Crippen molar-refractivity contribution in [1.82, 2.24) is 4.57 Å². The van der Waals surface area contributed by atoms with Crippen LogP contribution in [0.15, 0.2) is 16.9 Å². The standard InChI is InChI=1S/C14H18N2O3/c1-5-10(13(18)19)16-11(14(2,3)4)7-6-9(8-15)12(16)17/h6-7,10H,5H2,1-4H3,(H,18,19). The predicted molar refractivity (Wildman–Crippen MR) is 71.1 cm³/mol. The van der Waals surface area contributed by atoms with E-state index in [4.69, 9.17) is 5.26 Å². The first-order chi connectivity index (χ1) is 8.73. The van der Waals surface area contributed by atoms with E-state index in [1.165, 1.54) is 10.6 Å². The van der Waals surface area contributed by atoms with Gasteiger partial charge in [-0.25, -0.2) is 4.79 Å². The van der Waals surface area contributed by atoms with Gasteiger partial charge in [-0.15, -0.1) is 0 Å². The van der Waals surface area contributed by atoms with E-state index in [-0.39, 0.29) is 17.4 Å². The van der Waals surface area contributed by atoms with Crippen LogP contribution < -0.4 is 5.56 Å². The minimum Gasteiger partial charge on any atom is -0.480 e. The van der Waals surface area contributed by atoms with Crippen molar-refractivity contribution in [2.24, 2.45) is 0 Å². The van der Waals surface area contributed by atoms with Gasteiger partial charge in [-0.3, -0.25) is 9.36 Å². The maximum absolute atomic E-state index is 12.2. The van der Waals surface area contributed by atoms with Gasteiger partial charge in [0.15, 0.2) is 0 Å². The Morgan fingerprint density at radius 3 is 2.42 bits per heavy atom. The van der Waals surface area contributed by atoms with Crippen LogP contribution in [0.1, 0.15) is 51.4 Å². The smallest absolute Gasteiger partial charge is 0.326 e. The number of hydrogen-bond donors (Lipinski definition) is 1. The van der Waals surface area contributed by atoms with Crippen LogP contribution in [0.25, 0.3) is 0 Å². The topological polar surface area (TPSA) is 83.1 Å². The summed E-state index contributed by atoms with van der Waals surface area (Å²) in [7, 11) is 0. The summed E-state index contributed by atoms with van der Waals surface area (Å²) >= 11 is 0. The Balaban J connectivity index is 3.71. The summed E-state index contributed by atoms with van der Waals surface area (Å²) in [5.74, 6) is -1.06. The molecule has 0 aliphatic heterocycles. The Morgan fingerprint density at radius 1 is 1.47 bits per heavy atom. The van der Waals surface area contributed by atoms with Gasteiger partial charge in [-0.2, -0.15) is 5.26 Å². The lowest BCUT2D eigenvalue weighted by molar-refractivity contribution is -0.141. The largest absolute Gasteiger partial charge is 0.480 e. The van der Waals surface area contributed by atoms with E-state index in [2.05, 4.69) is 0 Å². The highest BCUT2D eigenvalue weighted by atomic mass is 16.4. The summed E-state index contributed by atoms with van der Waals surface area (Å²) in [6.45, 7) is 7.41. The van der Waals surface area contributed by atoms with Gasteiger partial charge in [-0.05, 0) is 18.6 Å². The van der Waals surface area contributed by atoms with Crippen molar-refractivity contribution in [3.8, 4) is 6.07 Å². The highest BCUT2D eigenvalue weighted by Gasteiger charge is 2.27. The van der Waals surface area contributed by atoms with Gasteiger partial charge in [0, 0.05) is 11.1 Å². The van der Waals surface area contributed by atoms with Gasteiger partial charge in [-0.1, -0.05) is 27.7 Å². The molecule has 1 N–H and O–H groups in total. The average molecular weight is 262 g/mol. The summed E-state index contributed by atoms with van der Waals surface area (Å²) in [4.78, 5) is 23.6. The zero-order valence-corrected chi connectivity index (χ0v) is 11.6. The van der Waals surface area contributed by atoms with Crippen LogP contribution >= 0.6 is 0 Å². The zero-order chi connectivity index (χ0) is 14.8. The minimum absolute atomic E-state index is 0.0345. The lowest BCUT2D eigenvalue weighted by atomic mass is 9.90. The van der Waals surface area contributed by atoms with Crippen LogP contribution in [0.3, 0.4) is 0 Å². The van der Waals surface area contributed by atoms with Crippen LogP contribution in [0.5, 0.6) is 0 Å². The second-order valence-electron chi connectivity index (χ2n) is 5.43. The minimum atomic E-state index is -1.06. The molecule has 0 aliphatic carbocycles. The van der Waals surface area contributed by atoms with Gasteiger partial charge < -0.3 is 5.11 Å². The van der Waals surface area contributed by atoms with Crippen molar-refractivity contribution in [3.63, 3.8) is 0 Å². The van der Waals surface area contributed by atoms with Crippen molar-refractivity contribution in [3.05, 3.63) is 33.7 Å². The number of carboxylic acids is 1. The molecule has 0 aromatic carbocycles. The number of nitrogens with zero attached hydrogens (tertiary/aromatic N) is 2. The lowest BCUT2D eigenvalue weighted by Gasteiger charge is -2.27. The number of aromatic nitrogens is 1. The first kappa shape index (κ1) is 15.0. The molecular weight excluding hydrogens is 244 g/mol. The molecular formula is C14H18N2O3. The molecule has 19 heavy (non-hydrogen) atoms. The third-order valence-corrected chi connectivity index (χ3v) is 2.99. The van der Waals surface area contributed by atoms with Crippen LogP contribution in [0.2, 0.25) is 0 Å². The number of hydrogen-bond acceptors (Lipinski definition) is 3. The Bertz CT molecular complexity index is 588. The average Bonchev–Trinajstić information content (AvgIpc) is 2.30. The van der Waals surface area contributed by atoms with Gasteiger partial charge >= 0.3 is 5.97 Å². The lowest BCUT2D eigenvalue weighted by Crippen LogP contribution is -2.36. The molecule has 0 saturated carbocycles. The fourth-order valence-electron chi connectivity index (χ4n) is 2.03. The molecule has 1 heterocycles. The SMILES string of the molecule is CCC(C(=O)O)n1c(C(C)(C)C)ccc(C#N)c1=O. The van der Waals surface area contributed by atoms with Gasteiger partial charge in [0.2, 0.25) is 0 Å². The Labute approximate surface area is 112 Å². The van der Waals surface area contributed by atoms with Crippen molar-refractivity contribution in [2.45, 2.75) is 45.6 Å². The van der Waals surface area contributed by atoms with Crippen LogP contribution in [0.4, 0.5) is 0 Å². The summed E-state index contributed by atoms with van der Waals surface area (Å²) in [6.07, 6.45) is 0.285. The van der Waals surface area contributed by atoms with Crippen LogP contribution in [-0.2, 0) is 10.2 Å². The maximum atomic E-state index is 12.2. The van der Waals surface area contributed by atoms with Crippen molar-refractivity contribution >= 4 is 5.97 Å². The molecule has 102 valence electrons. The first-order valence-corrected chi connectivity index (χ1v) is 6.13. The van der Waals surface area contributed by atoms with Crippen molar-refractivity contribution in [1.29, 1.82) is 5.26 Å². The third-order valence-electron chi connectivity index (χ3n) is 2.99. The van der Waals surface area contributed by atoms with Crippen LogP contribution in [0, 0.1) is 11.3 Å². The summed E-state index contributed by atoms with van der Waals surface area (Å²) in [6, 6.07) is 3.97. The van der Waals surface area contributed by atoms with E-state index in [0.717, 1.165) is 0 Å². The number of carboxylic acid groups (broad SMARTS) is 1. The molecule has 1 rings (SSSR count). The normalized spacial score (nSPS) is 12.8. The van der Waals surface area contributed by atoms with E-state index in [1.807, 2.05) is 20.8 Å². The molecule has 0 spiro atoms. The highest BCUT2D eigenvalue weighted by molar-refractivity contribution is 5.72. The fraction of sp³-hybridized carbons (Fsp3) is 0.500. The van der Waals surface area contributed by atoms with E-state index < -0.39 is 17.6 Å². The molecule has 0 saturated heterocycles. The molecule has 1 unspecified atom stereocenters. The van der Waals surface area contributed by atoms with Crippen molar-refractivity contribution in [2.75, 3.05) is 0 Å². The molecule has 1 atom stereocenters. The van der Waals surface area contributed by atoms with E-state index in [9.17, 15) is 14.7 Å². The Morgan fingerprint density at radius 2 is 2.05 bits per heavy atom. The zero-order valence-electron chi connectivity index (χ0n) is 11.6. The highest BCUT2D eigenvalue weighted by Crippen LogP contribution is 2.25. The third kappa shape index (κ3) is 2.84. The Hall–Kier alpha value is -2.09. The molecule has 0 aliphatic rings. The number of pyridine rings is 1. The van der Waals surface area contributed by atoms with E-state index in [1.54, 1.807) is 19.1 Å². The summed E-state index contributed by atoms with van der Waals surface area (Å²) in [5, 5.41) is 18.2. The molecule has 0 fully saturated rings. The van der Waals surface area contributed by atoms with Gasteiger partial charge in [0.25, 0.3) is 5.56 Å². The molecule has 0 bridgehead atoms. The van der Waals surface area contributed by atoms with E-state index in [0.29, 0.717) is 5.69 Å². The Kier molecular flexibility index (Phi) is 4.15. The quantitative estimate of drug-likeness (QED) is 0.903. The van der Waals surface area contributed by atoms with Crippen molar-refractivity contribution < 1.29 is 9.90 Å². The summed E-state index contributed by atoms with van der Waals surface area (Å²) < 4.78 is 1.24. The monoisotopic (exact) mass is 262 g/mol. The number of rotatable bonds is 3. The molecule has 1 aromatic rings. The number of carbonyl (C=O) groups is 1. The van der Waals surface area contributed by atoms with Gasteiger partial charge in [0.1, 0.15) is 17.7 Å². The molecule has 5 heteroatoms. The molecule has 0 amide bonds. The molecule has 0 radical (unpaired) electrons. The maximum Gasteiger partial charge on any atom is 0.326 e. The van der Waals surface area contributed by atoms with Gasteiger partial charge in [0.05, 0.1) is 0 Å². The second kappa shape index (κ2) is 5.27.